The van der Waals surface area contributed by atoms with Gasteiger partial charge in [0, 0.05) is 24.7 Å². The summed E-state index contributed by atoms with van der Waals surface area (Å²) < 4.78 is 43.6. The molecule has 1 aliphatic rings. The van der Waals surface area contributed by atoms with Gasteiger partial charge in [0.2, 0.25) is 10.0 Å². The molecule has 11 heteroatoms. The number of nitrogens with zero attached hydrogens (tertiary/aromatic N) is 3. The number of ether oxygens (including phenoxy) is 2. The number of hydrogen-bond donors (Lipinski definition) is 1. The van der Waals surface area contributed by atoms with Crippen molar-refractivity contribution >= 4 is 21.9 Å². The number of carbonyl (C=O) groups is 1. The Bertz CT molecular complexity index is 1280. The Morgan fingerprint density at radius 1 is 1.03 bits per heavy atom. The van der Waals surface area contributed by atoms with Crippen LogP contribution in [0.4, 0.5) is 6.01 Å². The number of sulfonamides is 1. The van der Waals surface area contributed by atoms with E-state index in [9.17, 15) is 13.2 Å². The van der Waals surface area contributed by atoms with E-state index < -0.39 is 15.9 Å². The van der Waals surface area contributed by atoms with Crippen LogP contribution in [0.2, 0.25) is 0 Å². The van der Waals surface area contributed by atoms with Crippen LogP contribution >= 0.6 is 0 Å². The van der Waals surface area contributed by atoms with Crippen molar-refractivity contribution in [3.63, 3.8) is 0 Å². The normalized spacial score (nSPS) is 14.6. The first-order valence-corrected chi connectivity index (χ1v) is 12.7. The maximum Gasteiger partial charge on any atom is 0.322 e. The van der Waals surface area contributed by atoms with Crippen LogP contribution < -0.4 is 14.8 Å². The van der Waals surface area contributed by atoms with Crippen LogP contribution in [0, 0.1) is 0 Å². The molecule has 1 aromatic heterocycles. The highest BCUT2D eigenvalue weighted by molar-refractivity contribution is 7.89. The summed E-state index contributed by atoms with van der Waals surface area (Å²) in [5.74, 6) is 0.730. The fraction of sp³-hybridized carbons (Fsp3) is 0.375. The Balaban J connectivity index is 1.45. The van der Waals surface area contributed by atoms with E-state index in [-0.39, 0.29) is 28.4 Å². The lowest BCUT2D eigenvalue weighted by Gasteiger charge is -2.30. The van der Waals surface area contributed by atoms with Crippen LogP contribution in [-0.2, 0) is 10.0 Å². The Morgan fingerprint density at radius 3 is 2.40 bits per heavy atom. The van der Waals surface area contributed by atoms with Gasteiger partial charge in [0.15, 0.2) is 0 Å². The average molecular weight is 501 g/mol. The predicted octanol–water partition coefficient (Wildman–Crippen LogP) is 3.96. The Hall–Kier alpha value is -3.44. The summed E-state index contributed by atoms with van der Waals surface area (Å²) in [6.45, 7) is 0. The molecule has 0 spiro atoms. The van der Waals surface area contributed by atoms with E-state index in [1.54, 1.807) is 32.4 Å². The number of anilines is 1. The largest absolute Gasteiger partial charge is 0.497 e. The highest BCUT2D eigenvalue weighted by Gasteiger charge is 2.29. The summed E-state index contributed by atoms with van der Waals surface area (Å²) in [6.07, 6.45) is 4.94. The highest BCUT2D eigenvalue weighted by Crippen LogP contribution is 2.33. The van der Waals surface area contributed by atoms with E-state index in [0.717, 1.165) is 32.1 Å². The monoisotopic (exact) mass is 500 g/mol. The predicted molar refractivity (Wildman–Crippen MR) is 129 cm³/mol. The summed E-state index contributed by atoms with van der Waals surface area (Å²) >= 11 is 0. The molecule has 0 saturated heterocycles. The van der Waals surface area contributed by atoms with Gasteiger partial charge >= 0.3 is 6.01 Å². The second-order valence-corrected chi connectivity index (χ2v) is 10.3. The maximum absolute atomic E-state index is 13.0. The smallest absolute Gasteiger partial charge is 0.322 e. The first-order valence-electron chi connectivity index (χ1n) is 11.3. The molecular weight excluding hydrogens is 472 g/mol. The second-order valence-electron chi connectivity index (χ2n) is 8.27. The maximum atomic E-state index is 13.0. The first kappa shape index (κ1) is 24.7. The summed E-state index contributed by atoms with van der Waals surface area (Å²) in [4.78, 5) is 12.8. The van der Waals surface area contributed by atoms with Gasteiger partial charge in [-0.15, -0.1) is 5.10 Å². The number of benzene rings is 2. The standard InChI is InChI=1S/C24H28N4O6S/c1-28(17-7-5-4-6-8-17)35(30,31)19-12-9-16(10-13-19)22(29)25-24-27-26-23(34-24)20-14-11-18(32-2)15-21(20)33-3/h9-15,17H,4-8H2,1-3H3,(H,25,27,29). The summed E-state index contributed by atoms with van der Waals surface area (Å²) in [5.41, 5.74) is 0.795. The molecule has 0 unspecified atom stereocenters. The van der Waals surface area contributed by atoms with Gasteiger partial charge in [-0.25, -0.2) is 8.42 Å². The molecule has 1 heterocycles. The lowest BCUT2D eigenvalue weighted by atomic mass is 9.96. The molecule has 35 heavy (non-hydrogen) atoms. The van der Waals surface area contributed by atoms with Crippen molar-refractivity contribution in [2.45, 2.75) is 43.0 Å². The number of nitrogens with one attached hydrogen (secondary N) is 1. The second kappa shape index (κ2) is 10.4. The molecule has 1 saturated carbocycles. The van der Waals surface area contributed by atoms with Crippen molar-refractivity contribution in [1.29, 1.82) is 0 Å². The first-order chi connectivity index (χ1) is 16.8. The van der Waals surface area contributed by atoms with Crippen LogP contribution in [0.15, 0.2) is 51.8 Å². The van der Waals surface area contributed by atoms with Crippen molar-refractivity contribution < 1.29 is 27.1 Å². The third-order valence-corrected chi connectivity index (χ3v) is 8.09. The molecule has 0 bridgehead atoms. The number of carbonyl (C=O) groups excluding carboxylic acids is 1. The number of rotatable bonds is 8. The molecule has 4 rings (SSSR count). The molecule has 0 radical (unpaired) electrons. The van der Waals surface area contributed by atoms with Crippen molar-refractivity contribution in [1.82, 2.24) is 14.5 Å². The molecule has 1 amide bonds. The van der Waals surface area contributed by atoms with E-state index in [2.05, 4.69) is 15.5 Å². The lowest BCUT2D eigenvalue weighted by molar-refractivity contribution is 0.102. The number of hydrogen-bond acceptors (Lipinski definition) is 8. The average Bonchev–Trinajstić information content (AvgIpc) is 3.36. The number of methoxy groups -OCH3 is 2. The summed E-state index contributed by atoms with van der Waals surface area (Å²) in [5, 5.41) is 10.4. The number of amides is 1. The van der Waals surface area contributed by atoms with Crippen molar-refractivity contribution in [3.05, 3.63) is 48.0 Å². The van der Waals surface area contributed by atoms with Crippen LogP contribution in [-0.4, -0.2) is 56.1 Å². The molecule has 1 aliphatic carbocycles. The quantitative estimate of drug-likeness (QED) is 0.493. The van der Waals surface area contributed by atoms with E-state index in [1.807, 2.05) is 0 Å². The van der Waals surface area contributed by atoms with E-state index in [4.69, 9.17) is 13.9 Å². The molecule has 186 valence electrons. The summed E-state index contributed by atoms with van der Waals surface area (Å²) in [6, 6.07) is 10.8. The third-order valence-electron chi connectivity index (χ3n) is 6.17. The molecule has 10 nitrogen and oxygen atoms in total. The zero-order valence-corrected chi connectivity index (χ0v) is 20.7. The van der Waals surface area contributed by atoms with Crippen LogP contribution in [0.1, 0.15) is 42.5 Å². The van der Waals surface area contributed by atoms with Crippen LogP contribution in [0.3, 0.4) is 0 Å². The molecule has 2 aromatic carbocycles. The van der Waals surface area contributed by atoms with E-state index in [1.165, 1.54) is 35.7 Å². The van der Waals surface area contributed by atoms with Crippen LogP contribution in [0.25, 0.3) is 11.5 Å². The molecule has 1 N–H and O–H groups in total. The zero-order chi connectivity index (χ0) is 25.0. The van der Waals surface area contributed by atoms with Gasteiger partial charge in [0.25, 0.3) is 11.8 Å². The van der Waals surface area contributed by atoms with Crippen molar-refractivity contribution in [3.8, 4) is 23.0 Å². The van der Waals surface area contributed by atoms with Crippen LogP contribution in [0.5, 0.6) is 11.5 Å². The SMILES string of the molecule is COc1ccc(-c2nnc(NC(=O)c3ccc(S(=O)(=O)N(C)C4CCCCC4)cc3)o2)c(OC)c1. The Labute approximate surface area is 204 Å². The number of aromatic nitrogens is 2. The highest BCUT2D eigenvalue weighted by atomic mass is 32.2. The van der Waals surface area contributed by atoms with Gasteiger partial charge in [-0.3, -0.25) is 10.1 Å². The minimum Gasteiger partial charge on any atom is -0.497 e. The Kier molecular flexibility index (Phi) is 7.37. The van der Waals surface area contributed by atoms with E-state index >= 15 is 0 Å². The minimum absolute atomic E-state index is 0.00720. The zero-order valence-electron chi connectivity index (χ0n) is 19.9. The van der Waals surface area contributed by atoms with E-state index in [0.29, 0.717) is 17.1 Å². The minimum atomic E-state index is -3.64. The topological polar surface area (TPSA) is 124 Å². The fourth-order valence-electron chi connectivity index (χ4n) is 4.11. The molecule has 3 aromatic rings. The molecule has 0 aliphatic heterocycles. The van der Waals surface area contributed by atoms with Crippen molar-refractivity contribution in [2.75, 3.05) is 26.6 Å². The van der Waals surface area contributed by atoms with Gasteiger partial charge in [-0.1, -0.05) is 24.4 Å². The van der Waals surface area contributed by atoms with Crippen molar-refractivity contribution in [2.24, 2.45) is 0 Å². The molecular formula is C24H28N4O6S. The Morgan fingerprint density at radius 2 is 1.74 bits per heavy atom. The van der Waals surface area contributed by atoms with Gasteiger partial charge in [0.05, 0.1) is 24.7 Å². The van der Waals surface area contributed by atoms with Gasteiger partial charge in [-0.05, 0) is 49.2 Å². The van der Waals surface area contributed by atoms with Gasteiger partial charge in [0.1, 0.15) is 11.5 Å². The lowest BCUT2D eigenvalue weighted by Crippen LogP contribution is -2.38. The summed E-state index contributed by atoms with van der Waals surface area (Å²) in [7, 11) is 1.04. The molecule has 1 fully saturated rings. The molecule has 0 atom stereocenters. The fourth-order valence-corrected chi connectivity index (χ4v) is 5.53. The van der Waals surface area contributed by atoms with Gasteiger partial charge in [-0.2, -0.15) is 4.31 Å². The van der Waals surface area contributed by atoms with Gasteiger partial charge < -0.3 is 13.9 Å². The third kappa shape index (κ3) is 5.30.